The molecule has 2 aliphatic rings. The summed E-state index contributed by atoms with van der Waals surface area (Å²) in [5, 5.41) is 6.91. The summed E-state index contributed by atoms with van der Waals surface area (Å²) in [7, 11) is 0. The molecule has 2 heterocycles. The number of likely N-dealkylation sites (tertiary alicyclic amines) is 1. The maximum absolute atomic E-state index is 12.3. The molecule has 1 aromatic rings. The van der Waals surface area contributed by atoms with Crippen LogP contribution in [0.4, 0.5) is 0 Å². The number of carbonyl (C=O) groups excluding carboxylic acids is 2. The van der Waals surface area contributed by atoms with Crippen molar-refractivity contribution < 1.29 is 14.1 Å². The van der Waals surface area contributed by atoms with E-state index >= 15 is 0 Å². The zero-order valence-corrected chi connectivity index (χ0v) is 13.9. The van der Waals surface area contributed by atoms with E-state index < -0.39 is 0 Å². The second kappa shape index (κ2) is 6.72. The van der Waals surface area contributed by atoms with Gasteiger partial charge in [0.15, 0.2) is 5.69 Å². The summed E-state index contributed by atoms with van der Waals surface area (Å²) in [6.45, 7) is 4.77. The molecule has 0 spiro atoms. The van der Waals surface area contributed by atoms with Crippen molar-refractivity contribution in [3.8, 4) is 0 Å². The standard InChI is InChI=1S/C17H25N3O3/c1-3-4-16(21)20-8-7-13(9-11(20)2)18-17(22)14-10-15(23-19-14)12-5-6-12/h10-13H,3-9H2,1-2H3,(H,18,22)/t11-,13?/m1/s1. The lowest BCUT2D eigenvalue weighted by molar-refractivity contribution is -0.134. The van der Waals surface area contributed by atoms with Gasteiger partial charge in [-0.15, -0.1) is 0 Å². The molecule has 1 unspecified atom stereocenters. The van der Waals surface area contributed by atoms with E-state index in [1.54, 1.807) is 6.07 Å². The summed E-state index contributed by atoms with van der Waals surface area (Å²) < 4.78 is 5.23. The van der Waals surface area contributed by atoms with Crippen molar-refractivity contribution in [2.75, 3.05) is 6.54 Å². The number of nitrogens with zero attached hydrogens (tertiary/aromatic N) is 2. The molecule has 2 fully saturated rings. The van der Waals surface area contributed by atoms with Gasteiger partial charge in [0.25, 0.3) is 5.91 Å². The topological polar surface area (TPSA) is 75.4 Å². The van der Waals surface area contributed by atoms with Gasteiger partial charge in [0.1, 0.15) is 5.76 Å². The van der Waals surface area contributed by atoms with Crippen LogP contribution >= 0.6 is 0 Å². The molecule has 0 radical (unpaired) electrons. The molecule has 0 aromatic carbocycles. The summed E-state index contributed by atoms with van der Waals surface area (Å²) in [4.78, 5) is 26.3. The zero-order valence-electron chi connectivity index (χ0n) is 13.9. The highest BCUT2D eigenvalue weighted by molar-refractivity contribution is 5.92. The van der Waals surface area contributed by atoms with E-state index in [0.29, 0.717) is 24.6 Å². The predicted molar refractivity (Wildman–Crippen MR) is 85.0 cm³/mol. The number of amides is 2. The van der Waals surface area contributed by atoms with Crippen molar-refractivity contribution in [3.63, 3.8) is 0 Å². The van der Waals surface area contributed by atoms with Gasteiger partial charge in [-0.05, 0) is 39.0 Å². The van der Waals surface area contributed by atoms with E-state index in [1.807, 2.05) is 18.7 Å². The van der Waals surface area contributed by atoms with Gasteiger partial charge in [-0.1, -0.05) is 12.1 Å². The highest BCUT2D eigenvalue weighted by atomic mass is 16.5. The molecule has 0 bridgehead atoms. The number of carbonyl (C=O) groups is 2. The van der Waals surface area contributed by atoms with Crippen LogP contribution in [0.5, 0.6) is 0 Å². The fourth-order valence-electron chi connectivity index (χ4n) is 3.25. The Labute approximate surface area is 136 Å². The van der Waals surface area contributed by atoms with Gasteiger partial charge >= 0.3 is 0 Å². The average molecular weight is 319 g/mol. The Morgan fingerprint density at radius 3 is 2.83 bits per heavy atom. The molecule has 1 N–H and O–H groups in total. The minimum atomic E-state index is -0.175. The zero-order chi connectivity index (χ0) is 16.4. The highest BCUT2D eigenvalue weighted by Gasteiger charge is 2.31. The van der Waals surface area contributed by atoms with Crippen molar-refractivity contribution in [2.45, 2.75) is 70.4 Å². The first kappa shape index (κ1) is 16.0. The van der Waals surface area contributed by atoms with E-state index in [9.17, 15) is 9.59 Å². The van der Waals surface area contributed by atoms with Crippen LogP contribution in [-0.4, -0.2) is 40.5 Å². The van der Waals surface area contributed by atoms with Crippen molar-refractivity contribution in [3.05, 3.63) is 17.5 Å². The SMILES string of the molecule is CCCC(=O)N1CCC(NC(=O)c2cc(C3CC3)on2)C[C@H]1C. The molecule has 1 aliphatic heterocycles. The fraction of sp³-hybridized carbons (Fsp3) is 0.706. The summed E-state index contributed by atoms with van der Waals surface area (Å²) in [5.41, 5.74) is 0.365. The quantitative estimate of drug-likeness (QED) is 0.904. The molecular formula is C17H25N3O3. The van der Waals surface area contributed by atoms with Crippen LogP contribution in [-0.2, 0) is 4.79 Å². The summed E-state index contributed by atoms with van der Waals surface area (Å²) in [6.07, 6.45) is 5.30. The molecule has 2 amide bonds. The lowest BCUT2D eigenvalue weighted by Gasteiger charge is -2.38. The monoisotopic (exact) mass is 319 g/mol. The van der Waals surface area contributed by atoms with Gasteiger partial charge in [0, 0.05) is 37.0 Å². The van der Waals surface area contributed by atoms with E-state index in [-0.39, 0.29) is 23.9 Å². The molecule has 1 aromatic heterocycles. The van der Waals surface area contributed by atoms with E-state index in [2.05, 4.69) is 10.5 Å². The van der Waals surface area contributed by atoms with Crippen molar-refractivity contribution in [2.24, 2.45) is 0 Å². The van der Waals surface area contributed by atoms with E-state index in [0.717, 1.165) is 37.9 Å². The normalized spacial score (nSPS) is 24.5. The minimum Gasteiger partial charge on any atom is -0.360 e. The third-order valence-corrected chi connectivity index (χ3v) is 4.74. The Morgan fingerprint density at radius 1 is 1.39 bits per heavy atom. The second-order valence-corrected chi connectivity index (χ2v) is 6.77. The third-order valence-electron chi connectivity index (χ3n) is 4.74. The average Bonchev–Trinajstić information content (AvgIpc) is 3.24. The minimum absolute atomic E-state index is 0.0873. The Morgan fingerprint density at radius 2 is 2.17 bits per heavy atom. The van der Waals surface area contributed by atoms with E-state index in [1.165, 1.54) is 0 Å². The summed E-state index contributed by atoms with van der Waals surface area (Å²) in [5.74, 6) is 1.32. The van der Waals surface area contributed by atoms with Gasteiger partial charge in [0.2, 0.25) is 5.91 Å². The molecule has 6 nitrogen and oxygen atoms in total. The maximum Gasteiger partial charge on any atom is 0.273 e. The van der Waals surface area contributed by atoms with Crippen LogP contribution in [0.25, 0.3) is 0 Å². The Kier molecular flexibility index (Phi) is 4.68. The number of nitrogens with one attached hydrogen (secondary N) is 1. The lowest BCUT2D eigenvalue weighted by atomic mass is 9.97. The van der Waals surface area contributed by atoms with Gasteiger partial charge < -0.3 is 14.7 Å². The first-order chi connectivity index (χ1) is 11.1. The lowest BCUT2D eigenvalue weighted by Crippen LogP contribution is -2.50. The van der Waals surface area contributed by atoms with Gasteiger partial charge in [-0.2, -0.15) is 0 Å². The van der Waals surface area contributed by atoms with Crippen LogP contribution in [0, 0.1) is 0 Å². The summed E-state index contributed by atoms with van der Waals surface area (Å²) in [6, 6.07) is 2.01. The fourth-order valence-corrected chi connectivity index (χ4v) is 3.25. The van der Waals surface area contributed by atoms with Crippen molar-refractivity contribution in [1.29, 1.82) is 0 Å². The number of hydrogen-bond donors (Lipinski definition) is 1. The molecule has 1 saturated heterocycles. The molecule has 1 saturated carbocycles. The van der Waals surface area contributed by atoms with Crippen LogP contribution in [0.15, 0.2) is 10.6 Å². The molecule has 2 atom stereocenters. The van der Waals surface area contributed by atoms with E-state index in [4.69, 9.17) is 4.52 Å². The predicted octanol–water partition coefficient (Wildman–Crippen LogP) is 2.46. The first-order valence-corrected chi connectivity index (χ1v) is 8.65. The van der Waals surface area contributed by atoms with Crippen LogP contribution < -0.4 is 5.32 Å². The van der Waals surface area contributed by atoms with Crippen molar-refractivity contribution in [1.82, 2.24) is 15.4 Å². The van der Waals surface area contributed by atoms with Gasteiger partial charge in [-0.25, -0.2) is 0 Å². The Balaban J connectivity index is 1.52. The Bertz CT molecular complexity index is 579. The number of piperidine rings is 1. The molecule has 3 rings (SSSR count). The highest BCUT2D eigenvalue weighted by Crippen LogP contribution is 2.40. The molecule has 126 valence electrons. The number of rotatable bonds is 5. The molecule has 6 heteroatoms. The van der Waals surface area contributed by atoms with Crippen molar-refractivity contribution >= 4 is 11.8 Å². The van der Waals surface area contributed by atoms with Gasteiger partial charge in [-0.3, -0.25) is 9.59 Å². The van der Waals surface area contributed by atoms with Gasteiger partial charge in [0.05, 0.1) is 0 Å². The maximum atomic E-state index is 12.3. The molecule has 23 heavy (non-hydrogen) atoms. The van der Waals surface area contributed by atoms with Crippen LogP contribution in [0.1, 0.15) is 74.5 Å². The van der Waals surface area contributed by atoms with Crippen LogP contribution in [0.3, 0.4) is 0 Å². The first-order valence-electron chi connectivity index (χ1n) is 8.65. The second-order valence-electron chi connectivity index (χ2n) is 6.77. The third kappa shape index (κ3) is 3.74. The largest absolute Gasteiger partial charge is 0.360 e. The Hall–Kier alpha value is -1.85. The number of hydrogen-bond acceptors (Lipinski definition) is 4. The van der Waals surface area contributed by atoms with Crippen LogP contribution in [0.2, 0.25) is 0 Å². The smallest absolute Gasteiger partial charge is 0.273 e. The number of aromatic nitrogens is 1. The molecular weight excluding hydrogens is 294 g/mol. The summed E-state index contributed by atoms with van der Waals surface area (Å²) >= 11 is 0. The molecule has 1 aliphatic carbocycles.